The smallest absolute Gasteiger partial charge is 0.255 e. The number of oxime groups is 1. The highest BCUT2D eigenvalue weighted by molar-refractivity contribution is 6.31. The quantitative estimate of drug-likeness (QED) is 0.102. The lowest BCUT2D eigenvalue weighted by atomic mass is 9.98. The summed E-state index contributed by atoms with van der Waals surface area (Å²) in [5.41, 5.74) is 4.50. The van der Waals surface area contributed by atoms with E-state index in [9.17, 15) is 4.79 Å². The number of amides is 1. The average molecular weight is 746 g/mol. The van der Waals surface area contributed by atoms with Gasteiger partial charge in [-0.2, -0.15) is 0 Å². The lowest BCUT2D eigenvalue weighted by Gasteiger charge is -2.28. The number of methoxy groups -OCH3 is 5. The second kappa shape index (κ2) is 17.4. The van der Waals surface area contributed by atoms with Gasteiger partial charge in [0.2, 0.25) is 5.75 Å². The van der Waals surface area contributed by atoms with E-state index in [2.05, 4.69) is 15.8 Å². The number of anilines is 1. The molecule has 6 rings (SSSR count). The highest BCUT2D eigenvalue weighted by atomic mass is 35.5. The van der Waals surface area contributed by atoms with E-state index in [1.54, 1.807) is 53.7 Å². The Kier molecular flexibility index (Phi) is 12.2. The fraction of sp³-hybridized carbons (Fsp3) is 0.350. The molecule has 12 nitrogen and oxygen atoms in total. The second-order valence-electron chi connectivity index (χ2n) is 12.4. The van der Waals surface area contributed by atoms with Gasteiger partial charge in [0.25, 0.3) is 5.91 Å². The number of unbranched alkanes of at least 4 members (excludes halogenated alkanes) is 3. The van der Waals surface area contributed by atoms with E-state index in [0.717, 1.165) is 53.8 Å². The number of carbonyl (C=O) groups is 1. The van der Waals surface area contributed by atoms with Crippen molar-refractivity contribution in [1.29, 1.82) is 0 Å². The molecule has 0 spiro atoms. The third-order valence-corrected chi connectivity index (χ3v) is 9.33. The predicted octanol–water partition coefficient (Wildman–Crippen LogP) is 8.12. The first kappa shape index (κ1) is 37.3. The van der Waals surface area contributed by atoms with Crippen molar-refractivity contribution in [1.82, 2.24) is 5.32 Å². The molecule has 2 heterocycles. The lowest BCUT2D eigenvalue weighted by molar-refractivity contribution is 0.0853. The SMILES string of the molecule is COc1cc(C2NC(=O)c3cc(Cl)ccc3N2)ccc1OCCCCCCOc1cccc(C2=NOC(c3cc(OC)c(OC)c(OC)c3)C2)c1OC. The topological polar surface area (TPSA) is 127 Å². The van der Waals surface area contributed by atoms with Crippen molar-refractivity contribution >= 4 is 28.9 Å². The molecular weight excluding hydrogens is 702 g/mol. The van der Waals surface area contributed by atoms with Crippen molar-refractivity contribution in [2.75, 3.05) is 54.1 Å². The first-order valence-electron chi connectivity index (χ1n) is 17.4. The minimum absolute atomic E-state index is 0.194. The molecule has 0 fully saturated rings. The van der Waals surface area contributed by atoms with Crippen LogP contribution in [0.1, 0.15) is 71.4 Å². The van der Waals surface area contributed by atoms with Crippen LogP contribution in [0.15, 0.2) is 71.9 Å². The van der Waals surface area contributed by atoms with Gasteiger partial charge in [-0.05, 0) is 85.8 Å². The molecular formula is C40H44ClN3O9. The fourth-order valence-electron chi connectivity index (χ4n) is 6.37. The van der Waals surface area contributed by atoms with E-state index in [-0.39, 0.29) is 12.0 Å². The number of nitrogens with zero attached hydrogens (tertiary/aromatic N) is 1. The van der Waals surface area contributed by atoms with Gasteiger partial charge >= 0.3 is 0 Å². The Bertz CT molecular complexity index is 1930. The number of halogens is 1. The Balaban J connectivity index is 0.954. The van der Waals surface area contributed by atoms with Crippen LogP contribution < -0.4 is 43.8 Å². The van der Waals surface area contributed by atoms with Crippen LogP contribution in [-0.4, -0.2) is 60.4 Å². The van der Waals surface area contributed by atoms with Gasteiger partial charge < -0.3 is 48.6 Å². The zero-order valence-corrected chi connectivity index (χ0v) is 31.2. The van der Waals surface area contributed by atoms with Gasteiger partial charge in [0.05, 0.1) is 60.0 Å². The van der Waals surface area contributed by atoms with E-state index in [0.29, 0.717) is 70.5 Å². The Morgan fingerprint density at radius 3 is 2.04 bits per heavy atom. The molecule has 1 amide bonds. The third-order valence-electron chi connectivity index (χ3n) is 9.10. The van der Waals surface area contributed by atoms with Gasteiger partial charge in [-0.15, -0.1) is 0 Å². The normalized spacial score (nSPS) is 16.0. The number of ether oxygens (including phenoxy) is 7. The average Bonchev–Trinajstić information content (AvgIpc) is 3.68. The van der Waals surface area contributed by atoms with Crippen molar-refractivity contribution in [3.05, 3.63) is 94.0 Å². The fourth-order valence-corrected chi connectivity index (χ4v) is 6.54. The van der Waals surface area contributed by atoms with Crippen LogP contribution in [0.25, 0.3) is 0 Å². The molecule has 0 radical (unpaired) electrons. The summed E-state index contributed by atoms with van der Waals surface area (Å²) in [5, 5.41) is 11.2. The van der Waals surface area contributed by atoms with Crippen molar-refractivity contribution in [2.24, 2.45) is 5.16 Å². The molecule has 2 aliphatic rings. The molecule has 0 saturated heterocycles. The van der Waals surface area contributed by atoms with Crippen LogP contribution in [0.4, 0.5) is 5.69 Å². The van der Waals surface area contributed by atoms with Gasteiger partial charge in [-0.25, -0.2) is 0 Å². The maximum Gasteiger partial charge on any atom is 0.255 e. The Morgan fingerprint density at radius 2 is 1.36 bits per heavy atom. The number of fused-ring (bicyclic) bond motifs is 1. The van der Waals surface area contributed by atoms with E-state index >= 15 is 0 Å². The molecule has 2 N–H and O–H groups in total. The summed E-state index contributed by atoms with van der Waals surface area (Å²) in [7, 11) is 7.97. The summed E-state index contributed by atoms with van der Waals surface area (Å²) in [6.45, 7) is 1.08. The molecule has 2 aliphatic heterocycles. The Hall–Kier alpha value is -5.49. The van der Waals surface area contributed by atoms with Crippen molar-refractivity contribution in [3.63, 3.8) is 0 Å². The summed E-state index contributed by atoms with van der Waals surface area (Å²) in [6.07, 6.45) is 3.46. The van der Waals surface area contributed by atoms with Crippen molar-refractivity contribution in [3.8, 4) is 40.2 Å². The van der Waals surface area contributed by atoms with Crippen LogP contribution in [-0.2, 0) is 4.84 Å². The van der Waals surface area contributed by atoms with Gasteiger partial charge in [-0.1, -0.05) is 28.9 Å². The zero-order valence-electron chi connectivity index (χ0n) is 30.5. The molecule has 4 aromatic carbocycles. The summed E-state index contributed by atoms with van der Waals surface area (Å²) in [6, 6.07) is 20.4. The van der Waals surface area contributed by atoms with E-state index in [1.165, 1.54) is 0 Å². The highest BCUT2D eigenvalue weighted by Gasteiger charge is 2.29. The standard InChI is InChI=1S/C40H44ClN3O9/c1-46-34-19-24(39-42-29-15-14-26(41)22-28(29)40(45)43-39)13-16-31(34)51-17-8-6-7-9-18-52-32-12-10-11-27(37(32)49-4)30-23-33(53-44-30)25-20-35(47-2)38(50-5)36(21-25)48-3/h10-16,19-22,33,39,42H,6-9,17-18,23H2,1-5H3,(H,43,45). The highest BCUT2D eigenvalue weighted by Crippen LogP contribution is 2.43. The molecule has 4 aromatic rings. The number of carbonyl (C=O) groups excluding carboxylic acids is 1. The molecule has 13 heteroatoms. The maximum atomic E-state index is 12.7. The largest absolute Gasteiger partial charge is 0.493 e. The number of hydrogen-bond acceptors (Lipinski definition) is 11. The number of para-hydroxylation sites is 1. The van der Waals surface area contributed by atoms with Crippen LogP contribution in [0, 0.1) is 0 Å². The second-order valence-corrected chi connectivity index (χ2v) is 12.8. The summed E-state index contributed by atoms with van der Waals surface area (Å²) in [5.74, 6) is 3.94. The molecule has 0 bridgehead atoms. The van der Waals surface area contributed by atoms with Crippen molar-refractivity contribution < 1.29 is 42.8 Å². The molecule has 0 aromatic heterocycles. The maximum absolute atomic E-state index is 12.7. The first-order chi connectivity index (χ1) is 25.9. The van der Waals surface area contributed by atoms with Gasteiger partial charge in [0.15, 0.2) is 40.6 Å². The number of benzene rings is 4. The van der Waals surface area contributed by atoms with Crippen LogP contribution >= 0.6 is 11.6 Å². The summed E-state index contributed by atoms with van der Waals surface area (Å²) < 4.78 is 40.1. The van der Waals surface area contributed by atoms with Crippen LogP contribution in [0.2, 0.25) is 5.02 Å². The summed E-state index contributed by atoms with van der Waals surface area (Å²) in [4.78, 5) is 18.5. The van der Waals surface area contributed by atoms with Crippen molar-refractivity contribution in [2.45, 2.75) is 44.4 Å². The van der Waals surface area contributed by atoms with E-state index < -0.39 is 6.17 Å². The van der Waals surface area contributed by atoms with Crippen LogP contribution in [0.5, 0.6) is 40.2 Å². The third kappa shape index (κ3) is 8.44. The monoisotopic (exact) mass is 745 g/mol. The van der Waals surface area contributed by atoms with Crippen LogP contribution in [0.3, 0.4) is 0 Å². The predicted molar refractivity (Wildman–Crippen MR) is 202 cm³/mol. The Morgan fingerprint density at radius 1 is 0.679 bits per heavy atom. The molecule has 0 saturated carbocycles. The molecule has 2 unspecified atom stereocenters. The minimum atomic E-state index is -0.415. The molecule has 280 valence electrons. The number of nitrogens with one attached hydrogen (secondary N) is 2. The number of hydrogen-bond donors (Lipinski definition) is 2. The molecule has 0 aliphatic carbocycles. The molecule has 53 heavy (non-hydrogen) atoms. The number of rotatable bonds is 17. The lowest BCUT2D eigenvalue weighted by Crippen LogP contribution is -2.38. The minimum Gasteiger partial charge on any atom is -0.493 e. The van der Waals surface area contributed by atoms with Gasteiger partial charge in [0, 0.05) is 28.3 Å². The first-order valence-corrected chi connectivity index (χ1v) is 17.8. The van der Waals surface area contributed by atoms with E-state index in [4.69, 9.17) is 49.6 Å². The zero-order chi connectivity index (χ0) is 37.3. The Labute approximate surface area is 314 Å². The molecule has 2 atom stereocenters. The van der Waals surface area contributed by atoms with Gasteiger partial charge in [-0.3, -0.25) is 4.79 Å². The van der Waals surface area contributed by atoms with Gasteiger partial charge in [0.1, 0.15) is 6.17 Å². The van der Waals surface area contributed by atoms with E-state index in [1.807, 2.05) is 48.5 Å². The summed E-state index contributed by atoms with van der Waals surface area (Å²) >= 11 is 6.07.